The number of hydrogen-bond acceptors (Lipinski definition) is 6. The molecule has 0 bridgehead atoms. The minimum absolute atomic E-state index is 0.216. The maximum atomic E-state index is 12.4. The molecule has 0 spiro atoms. The van der Waals surface area contributed by atoms with Gasteiger partial charge in [-0.2, -0.15) is 0 Å². The summed E-state index contributed by atoms with van der Waals surface area (Å²) in [4.78, 5) is 17.7. The minimum atomic E-state index is -0.672. The van der Waals surface area contributed by atoms with Crippen LogP contribution < -0.4 is 19.5 Å². The summed E-state index contributed by atoms with van der Waals surface area (Å²) >= 11 is 0. The second-order valence-corrected chi connectivity index (χ2v) is 5.97. The van der Waals surface area contributed by atoms with Crippen LogP contribution in [0, 0.1) is 0 Å². The monoisotopic (exact) mass is 370 g/mol. The van der Waals surface area contributed by atoms with Crippen molar-refractivity contribution in [1.29, 1.82) is 0 Å². The number of carbonyl (C=O) groups is 1. The van der Waals surface area contributed by atoms with Crippen LogP contribution in [0.3, 0.4) is 0 Å². The molecular formula is C20H22N2O5. The van der Waals surface area contributed by atoms with Crippen molar-refractivity contribution in [1.82, 2.24) is 5.32 Å². The second kappa shape index (κ2) is 8.44. The van der Waals surface area contributed by atoms with Gasteiger partial charge in [0, 0.05) is 18.5 Å². The average molecular weight is 370 g/mol. The lowest BCUT2D eigenvalue weighted by atomic mass is 10.0. The number of rotatable bonds is 7. The summed E-state index contributed by atoms with van der Waals surface area (Å²) in [6, 6.07) is 12.9. The van der Waals surface area contributed by atoms with Crippen LogP contribution in [-0.2, 0) is 16.2 Å². The Labute approximate surface area is 157 Å². The summed E-state index contributed by atoms with van der Waals surface area (Å²) < 4.78 is 15.8. The van der Waals surface area contributed by atoms with Gasteiger partial charge in [0.15, 0.2) is 0 Å². The maximum Gasteiger partial charge on any atom is 0.264 e. The van der Waals surface area contributed by atoms with Crippen LogP contribution >= 0.6 is 0 Å². The summed E-state index contributed by atoms with van der Waals surface area (Å²) in [5, 5.41) is 6.94. The lowest BCUT2D eigenvalue weighted by molar-refractivity contribution is -0.131. The number of methoxy groups -OCH3 is 3. The van der Waals surface area contributed by atoms with Gasteiger partial charge in [-0.3, -0.25) is 4.79 Å². The van der Waals surface area contributed by atoms with Crippen molar-refractivity contribution < 1.29 is 23.8 Å². The molecule has 0 radical (unpaired) electrons. The van der Waals surface area contributed by atoms with Crippen LogP contribution in [0.5, 0.6) is 17.2 Å². The zero-order chi connectivity index (χ0) is 19.2. The lowest BCUT2D eigenvalue weighted by Gasteiger charge is -2.11. The third-order valence-electron chi connectivity index (χ3n) is 4.30. The molecule has 3 rings (SSSR count). The van der Waals surface area contributed by atoms with Crippen LogP contribution in [0.1, 0.15) is 17.5 Å². The molecule has 27 heavy (non-hydrogen) atoms. The van der Waals surface area contributed by atoms with Crippen LogP contribution in [0.4, 0.5) is 0 Å². The van der Waals surface area contributed by atoms with E-state index in [9.17, 15) is 4.79 Å². The van der Waals surface area contributed by atoms with Crippen molar-refractivity contribution >= 4 is 11.6 Å². The van der Waals surface area contributed by atoms with E-state index in [1.807, 2.05) is 30.3 Å². The Bertz CT molecular complexity index is 833. The lowest BCUT2D eigenvalue weighted by Crippen LogP contribution is -2.34. The Kier molecular flexibility index (Phi) is 5.80. The molecule has 1 aliphatic heterocycles. The Morgan fingerprint density at radius 3 is 2.44 bits per heavy atom. The van der Waals surface area contributed by atoms with Crippen LogP contribution in [0.2, 0.25) is 0 Å². The van der Waals surface area contributed by atoms with Crippen molar-refractivity contribution in [2.75, 3.05) is 21.3 Å². The molecular weight excluding hydrogens is 348 g/mol. The number of benzene rings is 2. The highest BCUT2D eigenvalue weighted by molar-refractivity contribution is 6.06. The standard InChI is InChI=1S/C20H22N2O5/c1-24-14-6-4-13(5-7-14)12-21-20(23)19-11-17(22-27-19)16-10-15(25-2)8-9-18(16)26-3/h4-10,19H,11-12H2,1-3H3,(H,21,23)/t19-/m1/s1. The van der Waals surface area contributed by atoms with Crippen molar-refractivity contribution in [2.24, 2.45) is 5.16 Å². The molecule has 0 fully saturated rings. The number of oxime groups is 1. The molecule has 1 aliphatic rings. The summed E-state index contributed by atoms with van der Waals surface area (Å²) in [5.74, 6) is 1.89. The molecule has 7 heteroatoms. The smallest absolute Gasteiger partial charge is 0.264 e. The molecule has 1 amide bonds. The van der Waals surface area contributed by atoms with E-state index in [1.165, 1.54) is 0 Å². The number of hydrogen-bond donors (Lipinski definition) is 1. The SMILES string of the molecule is COc1ccc(CNC(=O)[C@H]2CC(c3cc(OC)ccc3OC)=NO2)cc1. The highest BCUT2D eigenvalue weighted by Gasteiger charge is 2.30. The highest BCUT2D eigenvalue weighted by Crippen LogP contribution is 2.28. The molecule has 0 unspecified atom stereocenters. The van der Waals surface area contributed by atoms with Gasteiger partial charge in [-0.05, 0) is 35.9 Å². The first kappa shape index (κ1) is 18.6. The van der Waals surface area contributed by atoms with Gasteiger partial charge in [0.25, 0.3) is 5.91 Å². The van der Waals surface area contributed by atoms with Gasteiger partial charge in [-0.1, -0.05) is 17.3 Å². The third-order valence-corrected chi connectivity index (χ3v) is 4.30. The van der Waals surface area contributed by atoms with E-state index in [4.69, 9.17) is 19.0 Å². The molecule has 1 atom stereocenters. The number of nitrogens with zero attached hydrogens (tertiary/aromatic N) is 1. The number of carbonyl (C=O) groups excluding carboxylic acids is 1. The Balaban J connectivity index is 1.60. The van der Waals surface area contributed by atoms with Gasteiger partial charge in [0.1, 0.15) is 17.2 Å². The molecule has 0 aliphatic carbocycles. The van der Waals surface area contributed by atoms with E-state index >= 15 is 0 Å². The first-order valence-corrected chi connectivity index (χ1v) is 8.50. The van der Waals surface area contributed by atoms with E-state index < -0.39 is 6.10 Å². The highest BCUT2D eigenvalue weighted by atomic mass is 16.6. The zero-order valence-corrected chi connectivity index (χ0v) is 15.5. The van der Waals surface area contributed by atoms with Gasteiger partial charge in [-0.25, -0.2) is 0 Å². The molecule has 0 saturated heterocycles. The van der Waals surface area contributed by atoms with Gasteiger partial charge in [-0.15, -0.1) is 0 Å². The summed E-state index contributed by atoms with van der Waals surface area (Å²) in [6.45, 7) is 0.403. The molecule has 1 heterocycles. The molecule has 0 saturated carbocycles. The predicted molar refractivity (Wildman–Crippen MR) is 100 cm³/mol. The normalized spacial score (nSPS) is 15.5. The quantitative estimate of drug-likeness (QED) is 0.810. The van der Waals surface area contributed by atoms with Crippen molar-refractivity contribution in [3.8, 4) is 17.2 Å². The fourth-order valence-corrected chi connectivity index (χ4v) is 2.76. The third kappa shape index (κ3) is 4.31. The van der Waals surface area contributed by atoms with Crippen LogP contribution in [0.25, 0.3) is 0 Å². The fourth-order valence-electron chi connectivity index (χ4n) is 2.76. The first-order valence-electron chi connectivity index (χ1n) is 8.50. The predicted octanol–water partition coefficient (Wildman–Crippen LogP) is 2.52. The largest absolute Gasteiger partial charge is 0.497 e. The summed E-state index contributed by atoms with van der Waals surface area (Å²) in [6.07, 6.45) is -0.313. The van der Waals surface area contributed by atoms with Crippen LogP contribution in [-0.4, -0.2) is 39.1 Å². The van der Waals surface area contributed by atoms with Crippen molar-refractivity contribution in [2.45, 2.75) is 19.1 Å². The Morgan fingerprint density at radius 1 is 1.07 bits per heavy atom. The molecule has 2 aromatic carbocycles. The summed E-state index contributed by atoms with van der Waals surface area (Å²) in [5.41, 5.74) is 2.37. The number of nitrogens with one attached hydrogen (secondary N) is 1. The average Bonchev–Trinajstić information content (AvgIpc) is 3.22. The molecule has 2 aromatic rings. The number of amides is 1. The molecule has 7 nitrogen and oxygen atoms in total. The fraction of sp³-hybridized carbons (Fsp3) is 0.300. The molecule has 0 aromatic heterocycles. The maximum absolute atomic E-state index is 12.4. The van der Waals surface area contributed by atoms with E-state index in [0.29, 0.717) is 30.2 Å². The van der Waals surface area contributed by atoms with Crippen molar-refractivity contribution in [3.63, 3.8) is 0 Å². The Hall–Kier alpha value is -3.22. The van der Waals surface area contributed by atoms with Gasteiger partial charge < -0.3 is 24.4 Å². The Morgan fingerprint density at radius 2 is 1.78 bits per heavy atom. The molecule has 142 valence electrons. The van der Waals surface area contributed by atoms with Crippen LogP contribution in [0.15, 0.2) is 47.6 Å². The summed E-state index contributed by atoms with van der Waals surface area (Å²) in [7, 11) is 4.79. The first-order chi connectivity index (χ1) is 13.1. The van der Waals surface area contributed by atoms with Gasteiger partial charge in [0.05, 0.1) is 27.0 Å². The number of ether oxygens (including phenoxy) is 3. The van der Waals surface area contributed by atoms with E-state index in [-0.39, 0.29) is 5.91 Å². The van der Waals surface area contributed by atoms with E-state index in [0.717, 1.165) is 16.9 Å². The zero-order valence-electron chi connectivity index (χ0n) is 15.5. The molecule has 1 N–H and O–H groups in total. The second-order valence-electron chi connectivity index (χ2n) is 5.97. The van der Waals surface area contributed by atoms with Gasteiger partial charge in [0.2, 0.25) is 6.10 Å². The topological polar surface area (TPSA) is 78.4 Å². The van der Waals surface area contributed by atoms with E-state index in [2.05, 4.69) is 10.5 Å². The van der Waals surface area contributed by atoms with Gasteiger partial charge >= 0.3 is 0 Å². The minimum Gasteiger partial charge on any atom is -0.497 e. The van der Waals surface area contributed by atoms with Crippen molar-refractivity contribution in [3.05, 3.63) is 53.6 Å². The van der Waals surface area contributed by atoms with E-state index in [1.54, 1.807) is 33.5 Å².